The van der Waals surface area contributed by atoms with Crippen LogP contribution in [0.3, 0.4) is 0 Å². The van der Waals surface area contributed by atoms with E-state index >= 15 is 0 Å². The van der Waals surface area contributed by atoms with E-state index in [0.29, 0.717) is 12.0 Å². The lowest BCUT2D eigenvalue weighted by atomic mass is 9.85. The summed E-state index contributed by atoms with van der Waals surface area (Å²) in [7, 11) is 0. The van der Waals surface area contributed by atoms with Gasteiger partial charge in [0.15, 0.2) is 0 Å². The monoisotopic (exact) mass is 305 g/mol. The van der Waals surface area contributed by atoms with Crippen LogP contribution in [-0.2, 0) is 4.74 Å². The van der Waals surface area contributed by atoms with Crippen LogP contribution in [0.1, 0.15) is 37.4 Å². The van der Waals surface area contributed by atoms with Crippen LogP contribution in [0.5, 0.6) is 0 Å². The van der Waals surface area contributed by atoms with Crippen LogP contribution in [0, 0.1) is 5.92 Å². The average molecular weight is 306 g/mol. The quantitative estimate of drug-likeness (QED) is 0.836. The normalized spacial score (nSPS) is 32.9. The molecule has 0 aromatic carbocycles. The topological polar surface area (TPSA) is 21.3 Å². The summed E-state index contributed by atoms with van der Waals surface area (Å²) in [6.07, 6.45) is 5.28. The van der Waals surface area contributed by atoms with Crippen molar-refractivity contribution in [2.24, 2.45) is 5.92 Å². The van der Waals surface area contributed by atoms with E-state index < -0.39 is 0 Å². The van der Waals surface area contributed by atoms with Gasteiger partial charge < -0.3 is 10.1 Å². The third kappa shape index (κ3) is 2.70. The van der Waals surface area contributed by atoms with Crippen LogP contribution in [0.25, 0.3) is 0 Å². The van der Waals surface area contributed by atoms with Gasteiger partial charge >= 0.3 is 0 Å². The Morgan fingerprint density at radius 2 is 2.11 bits per heavy atom. The van der Waals surface area contributed by atoms with Crippen LogP contribution >= 0.6 is 34.5 Å². The van der Waals surface area contributed by atoms with E-state index in [0.717, 1.165) is 27.4 Å². The molecule has 1 aliphatic heterocycles. The maximum absolute atomic E-state index is 6.21. The Morgan fingerprint density at radius 3 is 2.89 bits per heavy atom. The van der Waals surface area contributed by atoms with E-state index in [2.05, 4.69) is 5.32 Å². The lowest BCUT2D eigenvalue weighted by molar-refractivity contribution is 0.0404. The number of hydrogen-bond acceptors (Lipinski definition) is 3. The Bertz CT molecular complexity index is 407. The highest BCUT2D eigenvalue weighted by molar-refractivity contribution is 7.20. The minimum atomic E-state index is 0.0480. The lowest BCUT2D eigenvalue weighted by Gasteiger charge is -2.29. The van der Waals surface area contributed by atoms with Crippen molar-refractivity contribution in [2.45, 2.75) is 37.8 Å². The van der Waals surface area contributed by atoms with Crippen LogP contribution < -0.4 is 5.32 Å². The lowest BCUT2D eigenvalue weighted by Crippen LogP contribution is -2.38. The van der Waals surface area contributed by atoms with Crippen molar-refractivity contribution in [1.82, 2.24) is 5.32 Å². The highest BCUT2D eigenvalue weighted by atomic mass is 35.5. The molecule has 0 spiro atoms. The first kappa shape index (κ1) is 13.2. The Morgan fingerprint density at radius 1 is 1.28 bits per heavy atom. The zero-order valence-corrected chi connectivity index (χ0v) is 12.5. The highest BCUT2D eigenvalue weighted by Crippen LogP contribution is 2.38. The standard InChI is InChI=1S/C13H17Cl2NOS/c14-12-5-9(13(15)18-12)11-6-16-10-4-2-1-3-8(10)7-17-11/h5,8,10-11,16H,1-4,6-7H2. The van der Waals surface area contributed by atoms with E-state index in [1.165, 1.54) is 37.0 Å². The third-order valence-electron chi connectivity index (χ3n) is 4.02. The molecule has 1 aromatic heterocycles. The maximum Gasteiger partial charge on any atom is 0.100 e. The molecule has 2 nitrogen and oxygen atoms in total. The van der Waals surface area contributed by atoms with Crippen molar-refractivity contribution in [1.29, 1.82) is 0 Å². The Hall–Kier alpha value is 0.200. The van der Waals surface area contributed by atoms with Gasteiger partial charge in [0.1, 0.15) is 4.34 Å². The van der Waals surface area contributed by atoms with Crippen molar-refractivity contribution in [3.63, 3.8) is 0 Å². The second-order valence-corrected chi connectivity index (χ2v) is 7.45. The molecule has 3 atom stereocenters. The molecular weight excluding hydrogens is 289 g/mol. The fourth-order valence-corrected chi connectivity index (χ4v) is 4.56. The Kier molecular flexibility index (Phi) is 4.16. The molecule has 1 saturated carbocycles. The molecule has 18 heavy (non-hydrogen) atoms. The molecule has 2 heterocycles. The molecule has 5 heteroatoms. The fraction of sp³-hybridized carbons (Fsp3) is 0.692. The number of rotatable bonds is 1. The highest BCUT2D eigenvalue weighted by Gasteiger charge is 2.31. The van der Waals surface area contributed by atoms with Gasteiger partial charge in [-0.05, 0) is 24.8 Å². The van der Waals surface area contributed by atoms with Gasteiger partial charge in [-0.3, -0.25) is 0 Å². The SMILES string of the molecule is Clc1cc(C2CNC3CCCCC3CO2)c(Cl)s1. The minimum Gasteiger partial charge on any atom is -0.372 e. The summed E-state index contributed by atoms with van der Waals surface area (Å²) in [5.74, 6) is 0.664. The smallest absolute Gasteiger partial charge is 0.100 e. The molecule has 1 aromatic rings. The first-order valence-corrected chi connectivity index (χ1v) is 8.11. The predicted molar refractivity (Wildman–Crippen MR) is 76.8 cm³/mol. The second-order valence-electron chi connectivity index (χ2n) is 5.16. The van der Waals surface area contributed by atoms with Crippen molar-refractivity contribution < 1.29 is 4.74 Å². The van der Waals surface area contributed by atoms with Gasteiger partial charge in [-0.15, -0.1) is 11.3 Å². The Labute approximate surface area is 122 Å². The summed E-state index contributed by atoms with van der Waals surface area (Å²) in [4.78, 5) is 0. The Balaban J connectivity index is 1.73. The molecule has 1 N–H and O–H groups in total. The van der Waals surface area contributed by atoms with E-state index in [4.69, 9.17) is 27.9 Å². The van der Waals surface area contributed by atoms with Crippen LogP contribution in [0.4, 0.5) is 0 Å². The molecule has 1 aliphatic carbocycles. The molecule has 1 saturated heterocycles. The number of halogens is 2. The van der Waals surface area contributed by atoms with Gasteiger partial charge in [0.2, 0.25) is 0 Å². The number of nitrogens with one attached hydrogen (secondary N) is 1. The van der Waals surface area contributed by atoms with Crippen molar-refractivity contribution in [3.8, 4) is 0 Å². The summed E-state index contributed by atoms with van der Waals surface area (Å²) in [6.45, 7) is 1.68. The minimum absolute atomic E-state index is 0.0480. The van der Waals surface area contributed by atoms with Crippen LogP contribution in [0.2, 0.25) is 8.67 Å². The number of fused-ring (bicyclic) bond motifs is 1. The molecule has 3 rings (SSSR count). The number of thiophene rings is 1. The van der Waals surface area contributed by atoms with Gasteiger partial charge in [-0.1, -0.05) is 36.0 Å². The van der Waals surface area contributed by atoms with Gasteiger partial charge in [-0.25, -0.2) is 0 Å². The van der Waals surface area contributed by atoms with Crippen molar-refractivity contribution in [2.75, 3.05) is 13.2 Å². The molecule has 2 fully saturated rings. The molecule has 2 aliphatic rings. The van der Waals surface area contributed by atoms with E-state index in [9.17, 15) is 0 Å². The van der Waals surface area contributed by atoms with Crippen molar-refractivity contribution >= 4 is 34.5 Å². The predicted octanol–water partition coefficient (Wildman–Crippen LogP) is 4.27. The number of ether oxygens (including phenoxy) is 1. The summed E-state index contributed by atoms with van der Waals surface area (Å²) >= 11 is 13.6. The van der Waals surface area contributed by atoms with E-state index in [-0.39, 0.29) is 6.10 Å². The summed E-state index contributed by atoms with van der Waals surface area (Å²) in [5, 5.41) is 3.65. The van der Waals surface area contributed by atoms with Crippen LogP contribution in [0.15, 0.2) is 6.07 Å². The molecule has 100 valence electrons. The van der Waals surface area contributed by atoms with E-state index in [1.54, 1.807) is 0 Å². The first-order chi connectivity index (χ1) is 8.74. The largest absolute Gasteiger partial charge is 0.372 e. The molecule has 0 radical (unpaired) electrons. The van der Waals surface area contributed by atoms with Crippen LogP contribution in [-0.4, -0.2) is 19.2 Å². The van der Waals surface area contributed by atoms with Gasteiger partial charge in [0.25, 0.3) is 0 Å². The summed E-state index contributed by atoms with van der Waals surface area (Å²) in [6, 6.07) is 2.56. The average Bonchev–Trinajstić information content (AvgIpc) is 2.60. The molecule has 0 amide bonds. The molecule has 0 bridgehead atoms. The zero-order chi connectivity index (χ0) is 12.5. The maximum atomic E-state index is 6.21. The van der Waals surface area contributed by atoms with Gasteiger partial charge in [-0.2, -0.15) is 0 Å². The van der Waals surface area contributed by atoms with Crippen molar-refractivity contribution in [3.05, 3.63) is 20.3 Å². The van der Waals surface area contributed by atoms with Gasteiger partial charge in [0, 0.05) is 18.2 Å². The summed E-state index contributed by atoms with van der Waals surface area (Å²) in [5.41, 5.74) is 1.04. The number of hydrogen-bond donors (Lipinski definition) is 1. The molecular formula is C13H17Cl2NOS. The van der Waals surface area contributed by atoms with Gasteiger partial charge in [0.05, 0.1) is 17.0 Å². The third-order valence-corrected chi connectivity index (χ3v) is 5.53. The zero-order valence-electron chi connectivity index (χ0n) is 10.1. The first-order valence-electron chi connectivity index (χ1n) is 6.54. The van der Waals surface area contributed by atoms with E-state index in [1.807, 2.05) is 6.07 Å². The fourth-order valence-electron chi connectivity index (χ4n) is 3.01. The summed E-state index contributed by atoms with van der Waals surface area (Å²) < 4.78 is 7.55. The molecule has 3 unspecified atom stereocenters. The second kappa shape index (κ2) is 5.68.